The fourth-order valence-electron chi connectivity index (χ4n) is 4.20. The highest BCUT2D eigenvalue weighted by molar-refractivity contribution is 5.94. The Kier molecular flexibility index (Phi) is 4.55. The SMILES string of the molecule is CCc1cc(CC)cc(-c2c(C)c(C)cc3c2C=C(c2ccc(C)o2)C3)c1. The molecule has 1 heterocycles. The molecule has 4 rings (SSSR count). The number of aryl methyl sites for hydroxylation is 4. The lowest BCUT2D eigenvalue weighted by Gasteiger charge is -2.17. The highest BCUT2D eigenvalue weighted by atomic mass is 16.3. The molecular weight excluding hydrogens is 328 g/mol. The molecule has 3 aromatic rings. The van der Waals surface area contributed by atoms with Crippen LogP contribution in [0, 0.1) is 20.8 Å². The molecule has 0 bridgehead atoms. The molecule has 0 radical (unpaired) electrons. The summed E-state index contributed by atoms with van der Waals surface area (Å²) >= 11 is 0. The van der Waals surface area contributed by atoms with Crippen LogP contribution in [0.15, 0.2) is 40.8 Å². The first-order valence-electron chi connectivity index (χ1n) is 10.0. The van der Waals surface area contributed by atoms with E-state index in [0.29, 0.717) is 0 Å². The Morgan fingerprint density at radius 1 is 0.889 bits per heavy atom. The molecule has 0 unspecified atom stereocenters. The molecule has 0 fully saturated rings. The molecular formula is C26H28O. The molecule has 0 amide bonds. The molecule has 0 N–H and O–H groups in total. The van der Waals surface area contributed by atoms with E-state index in [1.165, 1.54) is 50.1 Å². The molecule has 2 aromatic carbocycles. The third-order valence-corrected chi connectivity index (χ3v) is 5.89. The molecule has 0 atom stereocenters. The topological polar surface area (TPSA) is 13.1 Å². The summed E-state index contributed by atoms with van der Waals surface area (Å²) in [5, 5.41) is 0. The lowest BCUT2D eigenvalue weighted by atomic mass is 9.88. The molecule has 0 saturated heterocycles. The summed E-state index contributed by atoms with van der Waals surface area (Å²) in [7, 11) is 0. The van der Waals surface area contributed by atoms with Crippen molar-refractivity contribution in [3.05, 3.63) is 81.3 Å². The Labute approximate surface area is 162 Å². The van der Waals surface area contributed by atoms with E-state index in [4.69, 9.17) is 4.42 Å². The van der Waals surface area contributed by atoms with E-state index in [-0.39, 0.29) is 0 Å². The predicted molar refractivity (Wildman–Crippen MR) is 115 cm³/mol. The number of rotatable bonds is 4. The number of hydrogen-bond acceptors (Lipinski definition) is 1. The average molecular weight is 357 g/mol. The van der Waals surface area contributed by atoms with E-state index < -0.39 is 0 Å². The minimum absolute atomic E-state index is 0.949. The molecule has 0 saturated carbocycles. The van der Waals surface area contributed by atoms with Gasteiger partial charge in [0, 0.05) is 6.42 Å². The normalized spacial score (nSPS) is 13.0. The van der Waals surface area contributed by atoms with Crippen LogP contribution in [0.5, 0.6) is 0 Å². The second-order valence-corrected chi connectivity index (χ2v) is 7.77. The van der Waals surface area contributed by atoms with Crippen molar-refractivity contribution >= 4 is 11.6 Å². The van der Waals surface area contributed by atoms with E-state index in [9.17, 15) is 0 Å². The van der Waals surface area contributed by atoms with Gasteiger partial charge >= 0.3 is 0 Å². The molecule has 0 aliphatic heterocycles. The highest BCUT2D eigenvalue weighted by Crippen LogP contribution is 2.41. The van der Waals surface area contributed by atoms with Crippen LogP contribution in [-0.2, 0) is 19.3 Å². The fraction of sp³-hybridized carbons (Fsp3) is 0.308. The Morgan fingerprint density at radius 3 is 2.19 bits per heavy atom. The summed E-state index contributed by atoms with van der Waals surface area (Å²) in [4.78, 5) is 0. The molecule has 1 nitrogen and oxygen atoms in total. The number of benzene rings is 2. The smallest absolute Gasteiger partial charge is 0.130 e. The van der Waals surface area contributed by atoms with E-state index in [0.717, 1.165) is 30.8 Å². The average Bonchev–Trinajstić information content (AvgIpc) is 3.28. The number of allylic oxidation sites excluding steroid dienone is 1. The summed E-state index contributed by atoms with van der Waals surface area (Å²) in [6.07, 6.45) is 5.44. The van der Waals surface area contributed by atoms with Crippen LogP contribution in [0.4, 0.5) is 0 Å². The Morgan fingerprint density at radius 2 is 1.59 bits per heavy atom. The van der Waals surface area contributed by atoms with Gasteiger partial charge in [0.1, 0.15) is 11.5 Å². The van der Waals surface area contributed by atoms with Gasteiger partial charge in [0.05, 0.1) is 0 Å². The van der Waals surface area contributed by atoms with E-state index >= 15 is 0 Å². The van der Waals surface area contributed by atoms with Crippen LogP contribution < -0.4 is 0 Å². The first kappa shape index (κ1) is 17.9. The maximum Gasteiger partial charge on any atom is 0.130 e. The summed E-state index contributed by atoms with van der Waals surface area (Å²) in [6.45, 7) is 11.0. The zero-order chi connectivity index (χ0) is 19.1. The molecule has 0 spiro atoms. The van der Waals surface area contributed by atoms with E-state index in [1.54, 1.807) is 0 Å². The lowest BCUT2D eigenvalue weighted by molar-refractivity contribution is 0.521. The number of hydrogen-bond donors (Lipinski definition) is 0. The highest BCUT2D eigenvalue weighted by Gasteiger charge is 2.22. The molecule has 27 heavy (non-hydrogen) atoms. The minimum Gasteiger partial charge on any atom is -0.462 e. The second-order valence-electron chi connectivity index (χ2n) is 7.77. The monoisotopic (exact) mass is 356 g/mol. The van der Waals surface area contributed by atoms with Gasteiger partial charge in [-0.2, -0.15) is 0 Å². The molecule has 1 aromatic heterocycles. The first-order valence-corrected chi connectivity index (χ1v) is 10.0. The van der Waals surface area contributed by atoms with Gasteiger partial charge in [-0.3, -0.25) is 0 Å². The van der Waals surface area contributed by atoms with Crippen molar-refractivity contribution < 1.29 is 4.42 Å². The van der Waals surface area contributed by atoms with Crippen molar-refractivity contribution in [1.29, 1.82) is 0 Å². The van der Waals surface area contributed by atoms with Crippen LogP contribution in [0.2, 0.25) is 0 Å². The number of fused-ring (bicyclic) bond motifs is 1. The van der Waals surface area contributed by atoms with E-state index in [2.05, 4.69) is 70.2 Å². The summed E-state index contributed by atoms with van der Waals surface area (Å²) < 4.78 is 5.91. The van der Waals surface area contributed by atoms with Crippen molar-refractivity contribution in [2.45, 2.75) is 53.9 Å². The van der Waals surface area contributed by atoms with Gasteiger partial charge in [-0.15, -0.1) is 0 Å². The third-order valence-electron chi connectivity index (χ3n) is 5.89. The van der Waals surface area contributed by atoms with Crippen LogP contribution >= 0.6 is 0 Å². The van der Waals surface area contributed by atoms with Crippen molar-refractivity contribution in [2.75, 3.05) is 0 Å². The van der Waals surface area contributed by atoms with Crippen LogP contribution in [0.25, 0.3) is 22.8 Å². The predicted octanol–water partition coefficient (Wildman–Crippen LogP) is 7.09. The Bertz CT molecular complexity index is 1020. The quantitative estimate of drug-likeness (QED) is 0.486. The van der Waals surface area contributed by atoms with Crippen LogP contribution in [-0.4, -0.2) is 0 Å². The van der Waals surface area contributed by atoms with Crippen molar-refractivity contribution in [3.8, 4) is 11.1 Å². The van der Waals surface area contributed by atoms with Crippen LogP contribution in [0.1, 0.15) is 58.7 Å². The van der Waals surface area contributed by atoms with Crippen molar-refractivity contribution in [1.82, 2.24) is 0 Å². The van der Waals surface area contributed by atoms with Gasteiger partial charge in [0.25, 0.3) is 0 Å². The van der Waals surface area contributed by atoms with Gasteiger partial charge in [0.15, 0.2) is 0 Å². The van der Waals surface area contributed by atoms with Gasteiger partial charge in [0.2, 0.25) is 0 Å². The number of furan rings is 1. The van der Waals surface area contributed by atoms with E-state index in [1.807, 2.05) is 6.92 Å². The second kappa shape index (κ2) is 6.88. The maximum atomic E-state index is 5.91. The largest absolute Gasteiger partial charge is 0.462 e. The van der Waals surface area contributed by atoms with Crippen molar-refractivity contribution in [3.63, 3.8) is 0 Å². The van der Waals surface area contributed by atoms with Gasteiger partial charge < -0.3 is 4.42 Å². The third kappa shape index (κ3) is 3.16. The lowest BCUT2D eigenvalue weighted by Crippen LogP contribution is -1.97. The fourth-order valence-corrected chi connectivity index (χ4v) is 4.20. The molecule has 1 heteroatoms. The first-order chi connectivity index (χ1) is 13.0. The standard InChI is InChI=1S/C26H28O/c1-6-19-11-20(7-2)13-23(12-19)26-18(5)16(3)10-21-14-22(15-24(21)26)25-9-8-17(4)27-25/h8-13,15H,6-7,14H2,1-5H3. The van der Waals surface area contributed by atoms with Gasteiger partial charge in [-0.25, -0.2) is 0 Å². The minimum atomic E-state index is 0.949. The zero-order valence-corrected chi connectivity index (χ0v) is 17.1. The summed E-state index contributed by atoms with van der Waals surface area (Å²) in [6, 6.07) is 13.6. The summed E-state index contributed by atoms with van der Waals surface area (Å²) in [5.74, 6) is 1.97. The van der Waals surface area contributed by atoms with Crippen molar-refractivity contribution in [2.24, 2.45) is 0 Å². The van der Waals surface area contributed by atoms with Gasteiger partial charge in [-0.05, 0) is 102 Å². The molecule has 1 aliphatic carbocycles. The molecule has 1 aliphatic rings. The van der Waals surface area contributed by atoms with Gasteiger partial charge in [-0.1, -0.05) is 38.1 Å². The zero-order valence-electron chi connectivity index (χ0n) is 17.1. The van der Waals surface area contributed by atoms with Crippen LogP contribution in [0.3, 0.4) is 0 Å². The molecule has 138 valence electrons. The maximum absolute atomic E-state index is 5.91. The Balaban J connectivity index is 1.92. The Hall–Kier alpha value is -2.54. The summed E-state index contributed by atoms with van der Waals surface area (Å²) in [5.41, 5.74) is 12.4.